The monoisotopic (exact) mass is 470 g/mol. The number of aryl methyl sites for hydroxylation is 1. The SMILES string of the molecule is NS(=O)(=O)Cc1ccc(NC(=O)c2c(NC(=O)c3cccnc3)sc3c2CCCC3)cc1. The summed E-state index contributed by atoms with van der Waals surface area (Å²) < 4.78 is 22.5. The molecular weight excluding hydrogens is 448 g/mol. The predicted molar refractivity (Wildman–Crippen MR) is 124 cm³/mol. The van der Waals surface area contributed by atoms with Gasteiger partial charge < -0.3 is 10.6 Å². The highest BCUT2D eigenvalue weighted by atomic mass is 32.2. The molecule has 0 spiro atoms. The van der Waals surface area contributed by atoms with Crippen molar-refractivity contribution >= 4 is 43.9 Å². The standard InChI is InChI=1S/C22H22N4O4S2/c23-32(29,30)13-14-7-9-16(10-8-14)25-21(28)19-17-5-1-2-6-18(17)31-22(19)26-20(27)15-4-3-11-24-12-15/h3-4,7-12H,1-2,5-6,13H2,(H,25,28)(H,26,27)(H2,23,29,30). The van der Waals surface area contributed by atoms with E-state index in [1.165, 1.54) is 17.5 Å². The van der Waals surface area contributed by atoms with Crippen LogP contribution >= 0.6 is 11.3 Å². The number of aromatic nitrogens is 1. The molecule has 1 aliphatic carbocycles. The molecule has 0 radical (unpaired) electrons. The first-order valence-electron chi connectivity index (χ1n) is 10.1. The fraction of sp³-hybridized carbons (Fsp3) is 0.227. The minimum atomic E-state index is -3.63. The number of hydrogen-bond donors (Lipinski definition) is 3. The van der Waals surface area contributed by atoms with E-state index in [4.69, 9.17) is 5.14 Å². The topological polar surface area (TPSA) is 131 Å². The highest BCUT2D eigenvalue weighted by Crippen LogP contribution is 2.38. The molecule has 3 aromatic rings. The lowest BCUT2D eigenvalue weighted by atomic mass is 9.95. The van der Waals surface area contributed by atoms with Crippen molar-refractivity contribution in [2.45, 2.75) is 31.4 Å². The number of nitrogens with one attached hydrogen (secondary N) is 2. The lowest BCUT2D eigenvalue weighted by Crippen LogP contribution is -2.19. The first-order valence-corrected chi connectivity index (χ1v) is 12.6. The van der Waals surface area contributed by atoms with Gasteiger partial charge in [-0.15, -0.1) is 11.3 Å². The number of primary sulfonamides is 1. The zero-order valence-electron chi connectivity index (χ0n) is 17.1. The van der Waals surface area contributed by atoms with Crippen molar-refractivity contribution in [1.82, 2.24) is 4.98 Å². The van der Waals surface area contributed by atoms with Crippen molar-refractivity contribution in [3.63, 3.8) is 0 Å². The Morgan fingerprint density at radius 1 is 1.03 bits per heavy atom. The Morgan fingerprint density at radius 3 is 2.47 bits per heavy atom. The van der Waals surface area contributed by atoms with Crippen molar-refractivity contribution in [3.8, 4) is 0 Å². The number of amides is 2. The molecule has 0 fully saturated rings. The van der Waals surface area contributed by atoms with E-state index in [9.17, 15) is 18.0 Å². The Bertz CT molecular complexity index is 1250. The summed E-state index contributed by atoms with van der Waals surface area (Å²) in [6.45, 7) is 0. The van der Waals surface area contributed by atoms with Gasteiger partial charge in [0.25, 0.3) is 11.8 Å². The van der Waals surface area contributed by atoms with Crippen LogP contribution < -0.4 is 15.8 Å². The molecule has 0 atom stereocenters. The van der Waals surface area contributed by atoms with Crippen molar-refractivity contribution < 1.29 is 18.0 Å². The number of benzene rings is 1. The van der Waals surface area contributed by atoms with Crippen LogP contribution in [0, 0.1) is 0 Å². The van der Waals surface area contributed by atoms with Crippen LogP contribution in [0.2, 0.25) is 0 Å². The lowest BCUT2D eigenvalue weighted by molar-refractivity contribution is 0.102. The molecule has 2 heterocycles. The van der Waals surface area contributed by atoms with Gasteiger partial charge in [-0.1, -0.05) is 12.1 Å². The van der Waals surface area contributed by atoms with Crippen LogP contribution in [0.5, 0.6) is 0 Å². The highest BCUT2D eigenvalue weighted by molar-refractivity contribution is 7.88. The lowest BCUT2D eigenvalue weighted by Gasteiger charge is -2.13. The minimum absolute atomic E-state index is 0.274. The summed E-state index contributed by atoms with van der Waals surface area (Å²) >= 11 is 1.44. The summed E-state index contributed by atoms with van der Waals surface area (Å²) in [5.41, 5.74) is 2.92. The first-order chi connectivity index (χ1) is 15.3. The number of carbonyl (C=O) groups excluding carboxylic acids is 2. The average molecular weight is 471 g/mol. The Kier molecular flexibility index (Phi) is 6.35. The van der Waals surface area contributed by atoms with Crippen LogP contribution in [0.15, 0.2) is 48.8 Å². The molecule has 1 aliphatic rings. The van der Waals surface area contributed by atoms with Crippen LogP contribution in [0.3, 0.4) is 0 Å². The van der Waals surface area contributed by atoms with E-state index in [0.717, 1.165) is 36.1 Å². The van der Waals surface area contributed by atoms with Gasteiger partial charge in [-0.25, -0.2) is 13.6 Å². The summed E-state index contributed by atoms with van der Waals surface area (Å²) in [6, 6.07) is 9.82. The Labute approximate surface area is 189 Å². The van der Waals surface area contributed by atoms with E-state index in [1.54, 1.807) is 42.6 Å². The van der Waals surface area contributed by atoms with Gasteiger partial charge in [0.1, 0.15) is 5.00 Å². The zero-order chi connectivity index (χ0) is 22.7. The van der Waals surface area contributed by atoms with Crippen LogP contribution in [-0.2, 0) is 28.6 Å². The van der Waals surface area contributed by atoms with Crippen molar-refractivity contribution in [2.75, 3.05) is 10.6 Å². The molecule has 2 amide bonds. The third-order valence-electron chi connectivity index (χ3n) is 5.13. The summed E-state index contributed by atoms with van der Waals surface area (Å²) in [5, 5.41) is 11.3. The number of nitrogens with two attached hydrogens (primary N) is 1. The van der Waals surface area contributed by atoms with Crippen LogP contribution in [-0.4, -0.2) is 25.2 Å². The van der Waals surface area contributed by atoms with E-state index >= 15 is 0 Å². The molecule has 0 aliphatic heterocycles. The fourth-order valence-corrected chi connectivity index (χ4v) is 5.62. The van der Waals surface area contributed by atoms with Crippen LogP contribution in [0.4, 0.5) is 10.7 Å². The van der Waals surface area contributed by atoms with Gasteiger partial charge >= 0.3 is 0 Å². The Morgan fingerprint density at radius 2 is 1.78 bits per heavy atom. The number of hydrogen-bond acceptors (Lipinski definition) is 6. The van der Waals surface area contributed by atoms with E-state index in [0.29, 0.717) is 27.4 Å². The largest absolute Gasteiger partial charge is 0.322 e. The van der Waals surface area contributed by atoms with Gasteiger partial charge in [-0.05, 0) is 61.1 Å². The highest BCUT2D eigenvalue weighted by Gasteiger charge is 2.26. The van der Waals surface area contributed by atoms with Gasteiger partial charge in [-0.2, -0.15) is 0 Å². The molecule has 0 bridgehead atoms. The molecule has 2 aromatic heterocycles. The van der Waals surface area contributed by atoms with E-state index in [2.05, 4.69) is 15.6 Å². The number of nitrogens with zero attached hydrogens (tertiary/aromatic N) is 1. The molecule has 8 nitrogen and oxygen atoms in total. The van der Waals surface area contributed by atoms with Gasteiger partial charge in [0.2, 0.25) is 10.0 Å². The normalized spacial score (nSPS) is 13.3. The Hall–Kier alpha value is -3.08. The summed E-state index contributed by atoms with van der Waals surface area (Å²) in [5.74, 6) is -0.910. The van der Waals surface area contributed by atoms with Crippen molar-refractivity contribution in [1.29, 1.82) is 0 Å². The zero-order valence-corrected chi connectivity index (χ0v) is 18.8. The van der Waals surface area contributed by atoms with Gasteiger partial charge in [0, 0.05) is 23.0 Å². The van der Waals surface area contributed by atoms with E-state index in [-0.39, 0.29) is 17.6 Å². The van der Waals surface area contributed by atoms with Gasteiger partial charge in [0.15, 0.2) is 0 Å². The van der Waals surface area contributed by atoms with E-state index in [1.807, 2.05) is 0 Å². The molecule has 32 heavy (non-hydrogen) atoms. The third kappa shape index (κ3) is 5.21. The first kappa shape index (κ1) is 22.1. The summed E-state index contributed by atoms with van der Waals surface area (Å²) in [7, 11) is -3.63. The Balaban J connectivity index is 1.58. The number of carbonyl (C=O) groups is 2. The maximum Gasteiger partial charge on any atom is 0.258 e. The number of fused-ring (bicyclic) bond motifs is 1. The maximum absolute atomic E-state index is 13.2. The molecule has 4 N–H and O–H groups in total. The van der Waals surface area contributed by atoms with Crippen LogP contribution in [0.25, 0.3) is 0 Å². The molecule has 0 unspecified atom stereocenters. The fourth-order valence-electron chi connectivity index (χ4n) is 3.68. The average Bonchev–Trinajstić information content (AvgIpc) is 3.12. The number of sulfonamides is 1. The molecule has 4 rings (SSSR count). The van der Waals surface area contributed by atoms with Crippen molar-refractivity contribution in [3.05, 3.63) is 75.9 Å². The van der Waals surface area contributed by atoms with Crippen molar-refractivity contribution in [2.24, 2.45) is 5.14 Å². The number of anilines is 2. The predicted octanol–water partition coefficient (Wildman–Crippen LogP) is 3.32. The number of thiophene rings is 1. The minimum Gasteiger partial charge on any atom is -0.322 e. The molecule has 10 heteroatoms. The quantitative estimate of drug-likeness (QED) is 0.509. The molecular formula is C22H22N4O4S2. The molecule has 0 saturated carbocycles. The maximum atomic E-state index is 13.2. The number of rotatable bonds is 6. The van der Waals surface area contributed by atoms with E-state index < -0.39 is 10.0 Å². The third-order valence-corrected chi connectivity index (χ3v) is 7.07. The number of pyridine rings is 1. The summed E-state index contributed by atoms with van der Waals surface area (Å²) in [6.07, 6.45) is 6.77. The second-order valence-electron chi connectivity index (χ2n) is 7.57. The summed E-state index contributed by atoms with van der Waals surface area (Å²) in [4.78, 5) is 31.0. The van der Waals surface area contributed by atoms with Gasteiger partial charge in [0.05, 0.1) is 16.9 Å². The second-order valence-corrected chi connectivity index (χ2v) is 10.3. The van der Waals surface area contributed by atoms with Crippen LogP contribution in [0.1, 0.15) is 49.6 Å². The van der Waals surface area contributed by atoms with Gasteiger partial charge in [-0.3, -0.25) is 14.6 Å². The smallest absolute Gasteiger partial charge is 0.258 e. The molecule has 1 aromatic carbocycles. The second kappa shape index (κ2) is 9.19. The molecule has 166 valence electrons. The molecule has 0 saturated heterocycles.